The first kappa shape index (κ1) is 15.9. The largest absolute Gasteiger partial charge is 0.416 e. The average Bonchev–Trinajstić information content (AvgIpc) is 2.23. The fraction of sp³-hybridized carbons (Fsp3) is 0.538. The number of benzene rings is 1. The lowest BCUT2D eigenvalue weighted by Gasteiger charge is -2.32. The molecule has 0 bridgehead atoms. The van der Waals surface area contributed by atoms with Crippen LogP contribution in [-0.4, -0.2) is 17.3 Å². The minimum Gasteiger partial charge on any atom is -0.396 e. The van der Waals surface area contributed by atoms with Crippen LogP contribution in [0.4, 0.5) is 17.6 Å². The van der Waals surface area contributed by atoms with Crippen LogP contribution in [0, 0.1) is 5.82 Å². The van der Waals surface area contributed by atoms with Crippen molar-refractivity contribution in [1.29, 1.82) is 0 Å². The van der Waals surface area contributed by atoms with Gasteiger partial charge in [0.2, 0.25) is 0 Å². The van der Waals surface area contributed by atoms with Crippen LogP contribution in [0.2, 0.25) is 0 Å². The number of rotatable bonds is 4. The van der Waals surface area contributed by atoms with Crippen LogP contribution in [-0.2, 0) is 6.18 Å². The van der Waals surface area contributed by atoms with E-state index in [1.165, 1.54) is 0 Å². The van der Waals surface area contributed by atoms with Crippen molar-refractivity contribution in [2.45, 2.75) is 37.9 Å². The quantitative estimate of drug-likeness (QED) is 0.832. The van der Waals surface area contributed by atoms with E-state index in [9.17, 15) is 17.6 Å². The molecule has 0 saturated carbocycles. The van der Waals surface area contributed by atoms with Gasteiger partial charge in [0.1, 0.15) is 5.82 Å². The lowest BCUT2D eigenvalue weighted by Crippen LogP contribution is -2.40. The van der Waals surface area contributed by atoms with Crippen LogP contribution >= 0.6 is 0 Å². The van der Waals surface area contributed by atoms with E-state index in [0.717, 1.165) is 12.1 Å². The minimum absolute atomic E-state index is 0.0816. The Hall–Kier alpha value is -1.14. The summed E-state index contributed by atoms with van der Waals surface area (Å²) in [4.78, 5) is 0. The van der Waals surface area contributed by atoms with Crippen molar-refractivity contribution >= 4 is 0 Å². The van der Waals surface area contributed by atoms with E-state index in [-0.39, 0.29) is 18.6 Å². The van der Waals surface area contributed by atoms with E-state index in [0.29, 0.717) is 6.07 Å². The van der Waals surface area contributed by atoms with E-state index >= 15 is 0 Å². The monoisotopic (exact) mass is 279 g/mol. The van der Waals surface area contributed by atoms with Crippen molar-refractivity contribution in [3.8, 4) is 0 Å². The predicted molar refractivity (Wildman–Crippen MR) is 64.1 cm³/mol. The Labute approximate surface area is 109 Å². The molecular weight excluding hydrogens is 262 g/mol. The zero-order valence-corrected chi connectivity index (χ0v) is 10.8. The molecule has 108 valence electrons. The highest BCUT2D eigenvalue weighted by atomic mass is 19.4. The second kappa shape index (κ2) is 5.46. The summed E-state index contributed by atoms with van der Waals surface area (Å²) in [5.41, 5.74) is 3.79. The Kier molecular flexibility index (Phi) is 4.58. The van der Waals surface area contributed by atoms with E-state index in [1.54, 1.807) is 13.8 Å². The third kappa shape index (κ3) is 3.91. The van der Waals surface area contributed by atoms with Gasteiger partial charge in [0, 0.05) is 18.1 Å². The smallest absolute Gasteiger partial charge is 0.396 e. The second-order valence-corrected chi connectivity index (χ2v) is 5.12. The van der Waals surface area contributed by atoms with Crippen LogP contribution in [0.1, 0.15) is 37.3 Å². The second-order valence-electron chi connectivity index (χ2n) is 5.12. The molecule has 1 atom stereocenters. The molecule has 0 spiro atoms. The molecule has 1 rings (SSSR count). The molecule has 1 aromatic rings. The van der Waals surface area contributed by atoms with Crippen LogP contribution in [0.3, 0.4) is 0 Å². The number of hydrogen-bond acceptors (Lipinski definition) is 2. The molecule has 1 unspecified atom stereocenters. The highest BCUT2D eigenvalue weighted by Gasteiger charge is 2.38. The van der Waals surface area contributed by atoms with Crippen LogP contribution in [0.25, 0.3) is 0 Å². The van der Waals surface area contributed by atoms with Gasteiger partial charge in [-0.2, -0.15) is 13.2 Å². The van der Waals surface area contributed by atoms with Gasteiger partial charge in [-0.05, 0) is 38.0 Å². The number of aliphatic hydroxyl groups is 1. The molecule has 6 heteroatoms. The Morgan fingerprint density at radius 3 is 2.26 bits per heavy atom. The molecule has 0 aliphatic heterocycles. The lowest BCUT2D eigenvalue weighted by molar-refractivity contribution is -0.138. The van der Waals surface area contributed by atoms with E-state index in [1.807, 2.05) is 0 Å². The molecule has 0 aliphatic rings. The molecule has 3 N–H and O–H groups in total. The summed E-state index contributed by atoms with van der Waals surface area (Å²) in [6.45, 7) is 2.87. The zero-order valence-electron chi connectivity index (χ0n) is 10.8. The summed E-state index contributed by atoms with van der Waals surface area (Å²) >= 11 is 0. The summed E-state index contributed by atoms with van der Waals surface area (Å²) in [6, 6.07) is 2.53. The topological polar surface area (TPSA) is 46.2 Å². The molecule has 0 aliphatic carbocycles. The normalized spacial score (nSPS) is 14.5. The van der Waals surface area contributed by atoms with Crippen molar-refractivity contribution in [3.63, 3.8) is 0 Å². The fourth-order valence-electron chi connectivity index (χ4n) is 2.14. The molecule has 2 nitrogen and oxygen atoms in total. The Balaban J connectivity index is 3.38. The van der Waals surface area contributed by atoms with Crippen molar-refractivity contribution in [2.24, 2.45) is 5.73 Å². The maximum Gasteiger partial charge on any atom is 0.416 e. The number of nitrogens with two attached hydrogens (primary N) is 1. The molecule has 0 fully saturated rings. The van der Waals surface area contributed by atoms with Crippen molar-refractivity contribution in [2.75, 3.05) is 6.61 Å². The molecule has 0 heterocycles. The molecule has 1 aromatic carbocycles. The molecule has 0 radical (unpaired) electrons. The lowest BCUT2D eigenvalue weighted by atomic mass is 9.78. The summed E-state index contributed by atoms with van der Waals surface area (Å²) in [5, 5.41) is 9.00. The molecule has 0 saturated heterocycles. The molecular formula is C13H17F4NO. The molecule has 0 amide bonds. The van der Waals surface area contributed by atoms with E-state index in [4.69, 9.17) is 10.8 Å². The highest BCUT2D eigenvalue weighted by Crippen LogP contribution is 2.39. The van der Waals surface area contributed by atoms with E-state index < -0.39 is 29.0 Å². The Bertz CT molecular complexity index is 437. The SMILES string of the molecule is CC(C)(N)C(CCO)c1ccc(F)cc1C(F)(F)F. The van der Waals surface area contributed by atoms with Crippen molar-refractivity contribution in [3.05, 3.63) is 35.1 Å². The molecule has 19 heavy (non-hydrogen) atoms. The van der Waals surface area contributed by atoms with Gasteiger partial charge in [-0.15, -0.1) is 0 Å². The fourth-order valence-corrected chi connectivity index (χ4v) is 2.14. The number of aliphatic hydroxyl groups excluding tert-OH is 1. The predicted octanol–water partition coefficient (Wildman–Crippen LogP) is 3.05. The van der Waals surface area contributed by atoms with Gasteiger partial charge in [-0.1, -0.05) is 6.07 Å². The van der Waals surface area contributed by atoms with Crippen LogP contribution < -0.4 is 5.73 Å². The number of alkyl halides is 3. The van der Waals surface area contributed by atoms with Gasteiger partial charge in [0.05, 0.1) is 5.56 Å². The van der Waals surface area contributed by atoms with Gasteiger partial charge < -0.3 is 10.8 Å². The first-order chi connectivity index (χ1) is 8.57. The van der Waals surface area contributed by atoms with Crippen molar-refractivity contribution in [1.82, 2.24) is 0 Å². The third-order valence-corrected chi connectivity index (χ3v) is 3.01. The summed E-state index contributed by atoms with van der Waals surface area (Å²) < 4.78 is 51.9. The van der Waals surface area contributed by atoms with Gasteiger partial charge in [0.15, 0.2) is 0 Å². The maximum absolute atomic E-state index is 13.0. The molecule has 0 aromatic heterocycles. The van der Waals surface area contributed by atoms with Gasteiger partial charge in [0.25, 0.3) is 0 Å². The first-order valence-electron chi connectivity index (χ1n) is 5.83. The van der Waals surface area contributed by atoms with Crippen LogP contribution in [0.5, 0.6) is 0 Å². The van der Waals surface area contributed by atoms with Gasteiger partial charge in [-0.25, -0.2) is 4.39 Å². The van der Waals surface area contributed by atoms with Crippen LogP contribution in [0.15, 0.2) is 18.2 Å². The maximum atomic E-state index is 13.0. The highest BCUT2D eigenvalue weighted by molar-refractivity contribution is 5.35. The zero-order chi connectivity index (χ0) is 14.8. The average molecular weight is 279 g/mol. The van der Waals surface area contributed by atoms with Gasteiger partial charge >= 0.3 is 6.18 Å². The van der Waals surface area contributed by atoms with E-state index in [2.05, 4.69) is 0 Å². The number of halogens is 4. The summed E-state index contributed by atoms with van der Waals surface area (Å²) in [6.07, 6.45) is -4.57. The Morgan fingerprint density at radius 2 is 1.84 bits per heavy atom. The minimum atomic E-state index is -4.66. The standard InChI is InChI=1S/C13H17F4NO/c1-12(2,18)10(5-6-19)9-4-3-8(14)7-11(9)13(15,16)17/h3-4,7,10,19H,5-6,18H2,1-2H3. The van der Waals surface area contributed by atoms with Crippen molar-refractivity contribution < 1.29 is 22.7 Å². The Morgan fingerprint density at radius 1 is 1.26 bits per heavy atom. The first-order valence-corrected chi connectivity index (χ1v) is 5.83. The number of hydrogen-bond donors (Lipinski definition) is 2. The summed E-state index contributed by atoms with van der Waals surface area (Å²) in [7, 11) is 0. The third-order valence-electron chi connectivity index (χ3n) is 3.01. The summed E-state index contributed by atoms with van der Waals surface area (Å²) in [5.74, 6) is -1.66. The van der Waals surface area contributed by atoms with Gasteiger partial charge in [-0.3, -0.25) is 0 Å².